The molecule has 3 fully saturated rings. The highest BCUT2D eigenvalue weighted by Crippen LogP contribution is 2.40. The highest BCUT2D eigenvalue weighted by molar-refractivity contribution is 7.92. The Kier molecular flexibility index (Phi) is 14.0. The van der Waals surface area contributed by atoms with Gasteiger partial charge < -0.3 is 30.5 Å². The number of carbonyl (C=O) groups excluding carboxylic acids is 4. The number of aryl methyl sites for hydroxylation is 1. The van der Waals surface area contributed by atoms with E-state index in [0.29, 0.717) is 41.3 Å². The average Bonchev–Trinajstić information content (AvgIpc) is 3.54. The summed E-state index contributed by atoms with van der Waals surface area (Å²) in [5.41, 5.74) is 4.61. The lowest BCUT2D eigenvalue weighted by Crippen LogP contribution is -2.54. The first kappa shape index (κ1) is 46.9. The van der Waals surface area contributed by atoms with Gasteiger partial charge in [-0.05, 0) is 146 Å². The molecule has 3 saturated heterocycles. The van der Waals surface area contributed by atoms with Gasteiger partial charge in [-0.15, -0.1) is 0 Å². The molecule has 0 aliphatic carbocycles. The number of ether oxygens (including phenoxy) is 1. The van der Waals surface area contributed by atoms with Gasteiger partial charge in [0.1, 0.15) is 16.8 Å². The molecule has 18 heteroatoms. The number of amides is 4. The Morgan fingerprint density at radius 1 is 0.864 bits per heavy atom. The van der Waals surface area contributed by atoms with Crippen molar-refractivity contribution in [1.82, 2.24) is 30.0 Å². The Morgan fingerprint density at radius 3 is 2.30 bits per heavy atom. The number of nitrogens with one attached hydrogen (secondary N) is 4. The number of halogens is 1. The van der Waals surface area contributed by atoms with Crippen LogP contribution in [0.2, 0.25) is 5.02 Å². The molecule has 4 N–H and O–H groups in total. The molecule has 0 saturated carbocycles. The maximum absolute atomic E-state index is 13.5. The molecule has 3 aromatic carbocycles. The second-order valence-corrected chi connectivity index (χ2v) is 21.0. The monoisotopic (exact) mass is 939 g/mol. The summed E-state index contributed by atoms with van der Waals surface area (Å²) < 4.78 is 32.6. The third-order valence-corrected chi connectivity index (χ3v) is 15.5. The molecule has 4 amide bonds. The van der Waals surface area contributed by atoms with Crippen molar-refractivity contribution in [3.63, 3.8) is 0 Å². The van der Waals surface area contributed by atoms with Crippen LogP contribution in [0.15, 0.2) is 65.7 Å². The van der Waals surface area contributed by atoms with Crippen molar-refractivity contribution in [2.24, 2.45) is 0 Å². The molecule has 1 atom stereocenters. The predicted molar refractivity (Wildman–Crippen MR) is 254 cm³/mol. The summed E-state index contributed by atoms with van der Waals surface area (Å²) in [6.07, 6.45) is 5.79. The number of rotatable bonds is 15. The summed E-state index contributed by atoms with van der Waals surface area (Å²) in [5.74, 6) is -0.435. The quantitative estimate of drug-likeness (QED) is 0.0886. The van der Waals surface area contributed by atoms with Crippen molar-refractivity contribution in [2.45, 2.75) is 107 Å². The number of hydrogen-bond acceptors (Lipinski definition) is 14. The number of benzene rings is 3. The predicted octanol–water partition coefficient (Wildman–Crippen LogP) is 7.05. The van der Waals surface area contributed by atoms with Crippen LogP contribution in [0.5, 0.6) is 5.75 Å². The highest BCUT2D eigenvalue weighted by Gasteiger charge is 2.45. The molecule has 4 aliphatic rings. The zero-order valence-corrected chi connectivity index (χ0v) is 39.6. The van der Waals surface area contributed by atoms with E-state index in [0.717, 1.165) is 68.9 Å². The van der Waals surface area contributed by atoms with E-state index in [1.165, 1.54) is 11.8 Å². The van der Waals surface area contributed by atoms with Gasteiger partial charge in [-0.25, -0.2) is 13.4 Å². The first-order valence-electron chi connectivity index (χ1n) is 22.8. The van der Waals surface area contributed by atoms with Crippen LogP contribution in [-0.4, -0.2) is 119 Å². The molecule has 4 aliphatic heterocycles. The molecule has 4 aromatic rings. The Labute approximate surface area is 391 Å². The van der Waals surface area contributed by atoms with Gasteiger partial charge in [-0.2, -0.15) is 4.98 Å². The number of aromatic nitrogens is 2. The van der Waals surface area contributed by atoms with Crippen molar-refractivity contribution in [3.05, 3.63) is 88.1 Å². The van der Waals surface area contributed by atoms with E-state index in [-0.39, 0.29) is 51.8 Å². The molecule has 66 heavy (non-hydrogen) atoms. The topological polar surface area (TPSA) is 195 Å². The van der Waals surface area contributed by atoms with Crippen LogP contribution in [0.25, 0.3) is 0 Å². The Bertz CT molecular complexity index is 2630. The van der Waals surface area contributed by atoms with Crippen LogP contribution < -0.4 is 26.0 Å². The van der Waals surface area contributed by atoms with Gasteiger partial charge >= 0.3 is 0 Å². The minimum absolute atomic E-state index is 0.0772. The van der Waals surface area contributed by atoms with Gasteiger partial charge in [-0.1, -0.05) is 29.8 Å². The lowest BCUT2D eigenvalue weighted by molar-refractivity contribution is -0.136. The number of fused-ring (bicyclic) bond motifs is 1. The van der Waals surface area contributed by atoms with Gasteiger partial charge in [0.15, 0.2) is 15.7 Å². The van der Waals surface area contributed by atoms with Crippen LogP contribution in [0.3, 0.4) is 0 Å². The van der Waals surface area contributed by atoms with E-state index in [9.17, 15) is 27.6 Å². The molecule has 0 spiro atoms. The minimum atomic E-state index is -3.58. The molecule has 1 unspecified atom stereocenters. The molecule has 16 nitrogen and oxygen atoms in total. The molecule has 350 valence electrons. The zero-order valence-electron chi connectivity index (χ0n) is 38.0. The average molecular weight is 941 g/mol. The summed E-state index contributed by atoms with van der Waals surface area (Å²) >= 11 is 6.53. The Balaban J connectivity index is 0.847. The number of para-hydroxylation sites is 1. The smallest absolute Gasteiger partial charge is 0.264 e. The SMILES string of the molecule is Cc1cc(Nc2ncc(Cl)c(Nc3ccccc3S(=O)(=O)C(C)C)n2)c(OC(C)C)cc1C1CCN(C2CCN(CCNc3cccc4c3C(=O)N(C3CCC(=O)NC3=O)C4=O)CC2)CC1. The fourth-order valence-electron chi connectivity index (χ4n) is 9.52. The number of imide groups is 2. The second kappa shape index (κ2) is 19.7. The standard InChI is InChI=1S/C48H58ClN9O7S/c1-28(2)65-40-26-34(30(5)25-38(40)53-48-51-27-35(49)44(55-48)52-36-10-6-7-12-41(36)66(63,64)29(3)4)31-15-22-57(23-16-31)32-17-20-56(21-18-32)24-19-50-37-11-8-9-33-43(37)47(62)58(46(33)61)39-13-14-42(59)54-45(39)60/h6-12,25-29,31-32,39,50H,13-24H2,1-5H3,(H,54,59,60)(H2,51,52,53,55). The van der Waals surface area contributed by atoms with E-state index >= 15 is 0 Å². The molecular formula is C48H58ClN9O7S. The van der Waals surface area contributed by atoms with Gasteiger partial charge in [0.25, 0.3) is 11.8 Å². The lowest BCUT2D eigenvalue weighted by Gasteiger charge is -2.42. The normalized spacial score (nSPS) is 19.1. The van der Waals surface area contributed by atoms with Crippen molar-refractivity contribution in [2.75, 3.05) is 55.2 Å². The first-order valence-corrected chi connectivity index (χ1v) is 24.8. The van der Waals surface area contributed by atoms with Crippen LogP contribution in [0, 0.1) is 6.92 Å². The van der Waals surface area contributed by atoms with E-state index < -0.39 is 44.8 Å². The van der Waals surface area contributed by atoms with E-state index in [1.807, 2.05) is 13.8 Å². The zero-order chi connectivity index (χ0) is 46.9. The minimum Gasteiger partial charge on any atom is -0.489 e. The summed E-state index contributed by atoms with van der Waals surface area (Å²) in [7, 11) is -3.58. The largest absolute Gasteiger partial charge is 0.489 e. The van der Waals surface area contributed by atoms with Crippen LogP contribution in [-0.2, 0) is 19.4 Å². The first-order chi connectivity index (χ1) is 31.6. The Hall–Kier alpha value is -5.62. The fourth-order valence-corrected chi connectivity index (χ4v) is 10.9. The molecule has 5 heterocycles. The summed E-state index contributed by atoms with van der Waals surface area (Å²) in [6, 6.07) is 15.6. The lowest BCUT2D eigenvalue weighted by atomic mass is 9.85. The van der Waals surface area contributed by atoms with Crippen LogP contribution in [0.4, 0.5) is 28.8 Å². The fraction of sp³-hybridized carbons (Fsp3) is 0.458. The molecule has 0 radical (unpaired) electrons. The number of anilines is 5. The van der Waals surface area contributed by atoms with Crippen molar-refractivity contribution < 1.29 is 32.3 Å². The van der Waals surface area contributed by atoms with Gasteiger partial charge in [0.2, 0.25) is 17.8 Å². The Morgan fingerprint density at radius 2 is 1.59 bits per heavy atom. The van der Waals surface area contributed by atoms with Gasteiger partial charge in [-0.3, -0.25) is 29.4 Å². The van der Waals surface area contributed by atoms with Gasteiger partial charge in [0, 0.05) is 31.2 Å². The number of likely N-dealkylation sites (tertiary alicyclic amines) is 2. The molecule has 1 aromatic heterocycles. The third-order valence-electron chi connectivity index (χ3n) is 13.0. The molecular weight excluding hydrogens is 882 g/mol. The number of sulfone groups is 1. The maximum Gasteiger partial charge on any atom is 0.264 e. The van der Waals surface area contributed by atoms with E-state index in [4.69, 9.17) is 16.3 Å². The van der Waals surface area contributed by atoms with Crippen molar-refractivity contribution in [1.29, 1.82) is 0 Å². The number of hydrogen-bond donors (Lipinski definition) is 4. The summed E-state index contributed by atoms with van der Waals surface area (Å²) in [6.45, 7) is 14.7. The number of piperidine rings is 3. The summed E-state index contributed by atoms with van der Waals surface area (Å²) in [4.78, 5) is 66.3. The highest BCUT2D eigenvalue weighted by atomic mass is 35.5. The van der Waals surface area contributed by atoms with Crippen molar-refractivity contribution in [3.8, 4) is 5.75 Å². The van der Waals surface area contributed by atoms with Crippen molar-refractivity contribution >= 4 is 73.9 Å². The third kappa shape index (κ3) is 9.89. The van der Waals surface area contributed by atoms with E-state index in [1.54, 1.807) is 56.3 Å². The number of nitrogens with zero attached hydrogens (tertiary/aromatic N) is 5. The maximum atomic E-state index is 13.5. The molecule has 0 bridgehead atoms. The second-order valence-electron chi connectivity index (χ2n) is 18.1. The number of carbonyl (C=O) groups is 4. The summed E-state index contributed by atoms with van der Waals surface area (Å²) in [5, 5.41) is 11.7. The van der Waals surface area contributed by atoms with Gasteiger partial charge in [0.05, 0.1) is 44.9 Å². The van der Waals surface area contributed by atoms with Crippen LogP contribution in [0.1, 0.15) is 104 Å². The van der Waals surface area contributed by atoms with Crippen LogP contribution >= 0.6 is 11.6 Å². The van der Waals surface area contributed by atoms with E-state index in [2.05, 4.69) is 60.1 Å². The molecule has 8 rings (SSSR count).